The van der Waals surface area contributed by atoms with Crippen LogP contribution >= 0.6 is 0 Å². The topological polar surface area (TPSA) is 40.0 Å². The van der Waals surface area contributed by atoms with Crippen molar-refractivity contribution in [1.29, 1.82) is 0 Å². The Morgan fingerprint density at radius 3 is 2.48 bits per heavy atom. The predicted octanol–water partition coefficient (Wildman–Crippen LogP) is 5.63. The van der Waals surface area contributed by atoms with Gasteiger partial charge in [0.25, 0.3) is 0 Å². The number of hydrogen-bond acceptors (Lipinski definition) is 4. The Balaban J connectivity index is 1.61. The minimum atomic E-state index is 0.805. The van der Waals surface area contributed by atoms with Gasteiger partial charge < -0.3 is 10.2 Å². The first-order valence-electron chi connectivity index (χ1n) is 8.30. The second-order valence-electron chi connectivity index (χ2n) is 5.87. The SMILES string of the molecule is CC(/N=N/c1ccc(NCc2ccccc2)cc1)=C1/C=CC=CN1C. The molecule has 0 amide bonds. The lowest BCUT2D eigenvalue weighted by Crippen LogP contribution is -2.11. The van der Waals surface area contributed by atoms with Crippen molar-refractivity contribution >= 4 is 11.4 Å². The zero-order chi connectivity index (χ0) is 17.5. The molecule has 1 heterocycles. The summed E-state index contributed by atoms with van der Waals surface area (Å²) in [5.41, 5.74) is 5.09. The van der Waals surface area contributed by atoms with Gasteiger partial charge in [-0.2, -0.15) is 10.2 Å². The Morgan fingerprint density at radius 2 is 1.76 bits per heavy atom. The van der Waals surface area contributed by atoms with Crippen LogP contribution in [0.4, 0.5) is 11.4 Å². The summed E-state index contributed by atoms with van der Waals surface area (Å²) in [5.74, 6) is 0. The first kappa shape index (κ1) is 16.7. The van der Waals surface area contributed by atoms with E-state index in [0.717, 1.165) is 29.3 Å². The molecule has 0 atom stereocenters. The molecule has 0 radical (unpaired) electrons. The van der Waals surface area contributed by atoms with Crippen molar-refractivity contribution in [3.05, 3.63) is 96.0 Å². The monoisotopic (exact) mass is 330 g/mol. The van der Waals surface area contributed by atoms with Crippen LogP contribution in [0.2, 0.25) is 0 Å². The van der Waals surface area contributed by atoms with Crippen LogP contribution in [0.1, 0.15) is 12.5 Å². The van der Waals surface area contributed by atoms with E-state index in [1.165, 1.54) is 5.56 Å². The molecule has 0 unspecified atom stereocenters. The third-order valence-electron chi connectivity index (χ3n) is 3.95. The van der Waals surface area contributed by atoms with Crippen LogP contribution in [0.15, 0.2) is 101 Å². The molecular weight excluding hydrogens is 308 g/mol. The minimum absolute atomic E-state index is 0.805. The van der Waals surface area contributed by atoms with Crippen molar-refractivity contribution in [2.24, 2.45) is 10.2 Å². The van der Waals surface area contributed by atoms with Crippen LogP contribution in [0.5, 0.6) is 0 Å². The van der Waals surface area contributed by atoms with Crippen molar-refractivity contribution in [3.63, 3.8) is 0 Å². The summed E-state index contributed by atoms with van der Waals surface area (Å²) >= 11 is 0. The molecule has 0 aliphatic carbocycles. The average Bonchev–Trinajstić information content (AvgIpc) is 2.66. The lowest BCUT2D eigenvalue weighted by Gasteiger charge is -2.18. The van der Waals surface area contributed by atoms with Gasteiger partial charge in [-0.3, -0.25) is 0 Å². The zero-order valence-corrected chi connectivity index (χ0v) is 14.6. The highest BCUT2D eigenvalue weighted by molar-refractivity contribution is 5.51. The molecule has 0 saturated heterocycles. The molecule has 0 saturated carbocycles. The minimum Gasteiger partial charge on any atom is -0.381 e. The van der Waals surface area contributed by atoms with E-state index in [1.807, 2.05) is 85.8 Å². The van der Waals surface area contributed by atoms with E-state index in [-0.39, 0.29) is 0 Å². The summed E-state index contributed by atoms with van der Waals surface area (Å²) in [4.78, 5) is 2.03. The molecule has 25 heavy (non-hydrogen) atoms. The molecule has 4 nitrogen and oxygen atoms in total. The Morgan fingerprint density at radius 1 is 1.00 bits per heavy atom. The molecule has 2 aromatic carbocycles. The van der Waals surface area contributed by atoms with Gasteiger partial charge >= 0.3 is 0 Å². The normalized spacial score (nSPS) is 15.7. The Bertz CT molecular complexity index is 815. The average molecular weight is 330 g/mol. The molecule has 2 aromatic rings. The van der Waals surface area contributed by atoms with E-state index < -0.39 is 0 Å². The van der Waals surface area contributed by atoms with Crippen molar-refractivity contribution in [1.82, 2.24) is 4.90 Å². The highest BCUT2D eigenvalue weighted by Gasteiger charge is 2.05. The quantitative estimate of drug-likeness (QED) is 0.722. The highest BCUT2D eigenvalue weighted by atomic mass is 15.2. The van der Waals surface area contributed by atoms with E-state index in [0.29, 0.717) is 0 Å². The number of benzene rings is 2. The molecule has 0 spiro atoms. The van der Waals surface area contributed by atoms with Gasteiger partial charge in [-0.15, -0.1) is 0 Å². The van der Waals surface area contributed by atoms with Gasteiger partial charge in [0.1, 0.15) is 0 Å². The van der Waals surface area contributed by atoms with Crippen molar-refractivity contribution in [2.75, 3.05) is 12.4 Å². The van der Waals surface area contributed by atoms with Gasteiger partial charge in [-0.05, 0) is 48.9 Å². The molecule has 0 bridgehead atoms. The summed E-state index contributed by atoms with van der Waals surface area (Å²) in [6, 6.07) is 18.3. The second-order valence-corrected chi connectivity index (χ2v) is 5.87. The smallest absolute Gasteiger partial charge is 0.0858 e. The number of allylic oxidation sites excluding steroid dienone is 4. The maximum atomic E-state index is 4.35. The molecule has 3 rings (SSSR count). The molecule has 0 aromatic heterocycles. The van der Waals surface area contributed by atoms with Crippen LogP contribution in [0.25, 0.3) is 0 Å². The number of hydrogen-bond donors (Lipinski definition) is 1. The van der Waals surface area contributed by atoms with Gasteiger partial charge in [0.2, 0.25) is 0 Å². The molecule has 1 N–H and O–H groups in total. The van der Waals surface area contributed by atoms with E-state index in [4.69, 9.17) is 0 Å². The van der Waals surface area contributed by atoms with Crippen LogP contribution in [-0.4, -0.2) is 11.9 Å². The molecule has 126 valence electrons. The first-order chi connectivity index (χ1) is 12.2. The third-order valence-corrected chi connectivity index (χ3v) is 3.95. The lowest BCUT2D eigenvalue weighted by molar-refractivity contribution is 0.573. The molecule has 1 aliphatic rings. The van der Waals surface area contributed by atoms with Crippen molar-refractivity contribution < 1.29 is 0 Å². The summed E-state index contributed by atoms with van der Waals surface area (Å²) in [6.07, 6.45) is 8.03. The third kappa shape index (κ3) is 4.67. The number of nitrogens with zero attached hydrogens (tertiary/aromatic N) is 3. The number of rotatable bonds is 5. The van der Waals surface area contributed by atoms with Gasteiger partial charge in [0.05, 0.1) is 17.1 Å². The van der Waals surface area contributed by atoms with Gasteiger partial charge in [0, 0.05) is 25.5 Å². The van der Waals surface area contributed by atoms with Crippen molar-refractivity contribution in [3.8, 4) is 0 Å². The number of azo groups is 1. The molecular formula is C21H22N4. The fourth-order valence-corrected chi connectivity index (χ4v) is 2.53. The molecule has 0 fully saturated rings. The summed E-state index contributed by atoms with van der Waals surface area (Å²) in [5, 5.41) is 12.1. The Hall–Kier alpha value is -3.14. The number of anilines is 1. The summed E-state index contributed by atoms with van der Waals surface area (Å²) in [7, 11) is 2.00. The summed E-state index contributed by atoms with van der Waals surface area (Å²) < 4.78 is 0. The van der Waals surface area contributed by atoms with Gasteiger partial charge in [-0.1, -0.05) is 36.4 Å². The lowest BCUT2D eigenvalue weighted by atomic mass is 10.2. The van der Waals surface area contributed by atoms with Crippen molar-refractivity contribution in [2.45, 2.75) is 13.5 Å². The standard InChI is InChI=1S/C21H22N4/c1-17(21-10-6-7-15-25(21)2)23-24-20-13-11-19(12-14-20)22-16-18-8-4-3-5-9-18/h3-15,22H,16H2,1-2H3/b21-17+,24-23+. The fourth-order valence-electron chi connectivity index (χ4n) is 2.53. The summed E-state index contributed by atoms with van der Waals surface area (Å²) in [6.45, 7) is 2.77. The van der Waals surface area contributed by atoms with E-state index in [9.17, 15) is 0 Å². The number of likely N-dealkylation sites (N-methyl/N-ethyl adjacent to an activating group) is 1. The van der Waals surface area contributed by atoms with Crippen LogP contribution < -0.4 is 5.32 Å². The molecule has 4 heteroatoms. The molecule has 1 aliphatic heterocycles. The van der Waals surface area contributed by atoms with Crippen LogP contribution in [-0.2, 0) is 6.54 Å². The highest BCUT2D eigenvalue weighted by Crippen LogP contribution is 2.20. The van der Waals surface area contributed by atoms with E-state index >= 15 is 0 Å². The number of nitrogens with one attached hydrogen (secondary N) is 1. The maximum absolute atomic E-state index is 4.35. The predicted molar refractivity (Wildman–Crippen MR) is 103 cm³/mol. The van der Waals surface area contributed by atoms with Crippen LogP contribution in [0.3, 0.4) is 0 Å². The Labute approximate surface area is 148 Å². The second kappa shape index (κ2) is 8.11. The van der Waals surface area contributed by atoms with E-state index in [1.54, 1.807) is 0 Å². The van der Waals surface area contributed by atoms with E-state index in [2.05, 4.69) is 27.7 Å². The van der Waals surface area contributed by atoms with Gasteiger partial charge in [0.15, 0.2) is 0 Å². The van der Waals surface area contributed by atoms with Gasteiger partial charge in [-0.25, -0.2) is 0 Å². The first-order valence-corrected chi connectivity index (χ1v) is 8.30. The van der Waals surface area contributed by atoms with Crippen LogP contribution in [0, 0.1) is 0 Å². The largest absolute Gasteiger partial charge is 0.381 e. The maximum Gasteiger partial charge on any atom is 0.0858 e. The zero-order valence-electron chi connectivity index (χ0n) is 14.6. The Kier molecular flexibility index (Phi) is 5.42. The fraction of sp³-hybridized carbons (Fsp3) is 0.143.